The van der Waals surface area contributed by atoms with E-state index >= 15 is 0 Å². The summed E-state index contributed by atoms with van der Waals surface area (Å²) >= 11 is 0. The van der Waals surface area contributed by atoms with E-state index in [9.17, 15) is 9.18 Å². The molecular formula is C20H24FN3O2. The summed E-state index contributed by atoms with van der Waals surface area (Å²) in [4.78, 5) is 14.4. The molecule has 5 nitrogen and oxygen atoms in total. The topological polar surface area (TPSA) is 53.6 Å². The van der Waals surface area contributed by atoms with E-state index in [1.54, 1.807) is 18.2 Å². The zero-order valence-electron chi connectivity index (χ0n) is 14.9. The number of carbonyl (C=O) groups excluding carboxylic acids is 1. The van der Waals surface area contributed by atoms with Crippen molar-refractivity contribution in [3.05, 3.63) is 59.9 Å². The molecule has 1 atom stereocenters. The number of nitrogens with zero attached hydrogens (tertiary/aromatic N) is 1. The Hall–Kier alpha value is -2.44. The van der Waals surface area contributed by atoms with Crippen molar-refractivity contribution in [3.8, 4) is 0 Å². The first-order chi connectivity index (χ1) is 12.6. The third kappa shape index (κ3) is 4.80. The Kier molecular flexibility index (Phi) is 6.20. The van der Waals surface area contributed by atoms with E-state index in [0.717, 1.165) is 37.7 Å². The van der Waals surface area contributed by atoms with Crippen LogP contribution in [-0.4, -0.2) is 38.8 Å². The van der Waals surface area contributed by atoms with Gasteiger partial charge in [0.05, 0.1) is 19.8 Å². The molecule has 26 heavy (non-hydrogen) atoms. The number of ether oxygens (including phenoxy) is 1. The zero-order chi connectivity index (χ0) is 18.4. The molecular weight excluding hydrogens is 333 g/mol. The number of amides is 1. The van der Waals surface area contributed by atoms with Gasteiger partial charge in [0, 0.05) is 36.1 Å². The largest absolute Gasteiger partial charge is 0.378 e. The second-order valence-electron chi connectivity index (χ2n) is 6.32. The molecule has 1 saturated heterocycles. The first kappa shape index (κ1) is 18.4. The van der Waals surface area contributed by atoms with Crippen LogP contribution in [0.15, 0.2) is 48.5 Å². The molecule has 1 aliphatic heterocycles. The summed E-state index contributed by atoms with van der Waals surface area (Å²) in [5, 5.41) is 5.90. The van der Waals surface area contributed by atoms with Crippen molar-refractivity contribution in [1.29, 1.82) is 0 Å². The SMILES string of the molecule is CC(NCC(=O)Nc1ccc(N2CCOCC2)cc1)c1ccccc1F. The van der Waals surface area contributed by atoms with Crippen molar-refractivity contribution in [1.82, 2.24) is 5.32 Å². The van der Waals surface area contributed by atoms with E-state index in [1.807, 2.05) is 31.2 Å². The van der Waals surface area contributed by atoms with Crippen LogP contribution in [0.5, 0.6) is 0 Å². The Bertz CT molecular complexity index is 730. The third-order valence-electron chi connectivity index (χ3n) is 4.47. The highest BCUT2D eigenvalue weighted by Gasteiger charge is 2.13. The summed E-state index contributed by atoms with van der Waals surface area (Å²) in [7, 11) is 0. The first-order valence-electron chi connectivity index (χ1n) is 8.84. The second-order valence-corrected chi connectivity index (χ2v) is 6.32. The standard InChI is InChI=1S/C20H24FN3O2/c1-15(18-4-2-3-5-19(18)21)22-14-20(25)23-16-6-8-17(9-7-16)24-10-12-26-13-11-24/h2-9,15,22H,10-14H2,1H3,(H,23,25). The van der Waals surface area contributed by atoms with Crippen molar-refractivity contribution in [2.24, 2.45) is 0 Å². The average molecular weight is 357 g/mol. The molecule has 0 radical (unpaired) electrons. The number of hydrogen-bond donors (Lipinski definition) is 2. The van der Waals surface area contributed by atoms with E-state index in [2.05, 4.69) is 15.5 Å². The van der Waals surface area contributed by atoms with Gasteiger partial charge in [-0.1, -0.05) is 18.2 Å². The Morgan fingerprint density at radius 3 is 2.54 bits per heavy atom. The van der Waals surface area contributed by atoms with Gasteiger partial charge in [-0.05, 0) is 37.3 Å². The van der Waals surface area contributed by atoms with Crippen molar-refractivity contribution < 1.29 is 13.9 Å². The lowest BCUT2D eigenvalue weighted by Crippen LogP contribution is -2.36. The van der Waals surface area contributed by atoms with Gasteiger partial charge in [-0.25, -0.2) is 4.39 Å². The van der Waals surface area contributed by atoms with Crippen LogP contribution < -0.4 is 15.5 Å². The Morgan fingerprint density at radius 1 is 1.15 bits per heavy atom. The minimum absolute atomic E-state index is 0.112. The molecule has 1 amide bonds. The molecule has 1 aliphatic rings. The highest BCUT2D eigenvalue weighted by molar-refractivity contribution is 5.92. The Labute approximate surface area is 153 Å². The maximum Gasteiger partial charge on any atom is 0.238 e. The summed E-state index contributed by atoms with van der Waals surface area (Å²) in [6.45, 7) is 5.19. The number of nitrogens with one attached hydrogen (secondary N) is 2. The van der Waals surface area contributed by atoms with Crippen molar-refractivity contribution >= 4 is 17.3 Å². The van der Waals surface area contributed by atoms with Gasteiger partial charge >= 0.3 is 0 Å². The van der Waals surface area contributed by atoms with Gasteiger partial charge in [0.15, 0.2) is 0 Å². The van der Waals surface area contributed by atoms with Crippen LogP contribution in [0, 0.1) is 5.82 Å². The fraction of sp³-hybridized carbons (Fsp3) is 0.350. The number of benzene rings is 2. The van der Waals surface area contributed by atoms with Crippen LogP contribution in [0.25, 0.3) is 0 Å². The highest BCUT2D eigenvalue weighted by Crippen LogP contribution is 2.19. The molecule has 1 heterocycles. The van der Waals surface area contributed by atoms with Gasteiger partial charge in [0.2, 0.25) is 5.91 Å². The first-order valence-corrected chi connectivity index (χ1v) is 8.84. The zero-order valence-corrected chi connectivity index (χ0v) is 14.9. The van der Waals surface area contributed by atoms with Gasteiger partial charge < -0.3 is 20.3 Å². The number of carbonyl (C=O) groups is 1. The summed E-state index contributed by atoms with van der Waals surface area (Å²) < 4.78 is 19.1. The average Bonchev–Trinajstić information content (AvgIpc) is 2.68. The monoisotopic (exact) mass is 357 g/mol. The number of halogens is 1. The molecule has 1 unspecified atom stereocenters. The van der Waals surface area contributed by atoms with Gasteiger partial charge in [-0.15, -0.1) is 0 Å². The van der Waals surface area contributed by atoms with Gasteiger partial charge in [-0.3, -0.25) is 4.79 Å². The molecule has 0 aromatic heterocycles. The quantitative estimate of drug-likeness (QED) is 0.835. The summed E-state index contributed by atoms with van der Waals surface area (Å²) in [5.41, 5.74) is 2.42. The lowest BCUT2D eigenvalue weighted by Gasteiger charge is -2.28. The van der Waals surface area contributed by atoms with Crippen LogP contribution in [0.1, 0.15) is 18.5 Å². The van der Waals surface area contributed by atoms with E-state index in [0.29, 0.717) is 5.56 Å². The molecule has 3 rings (SSSR count). The van der Waals surface area contributed by atoms with E-state index in [1.165, 1.54) is 6.07 Å². The Morgan fingerprint density at radius 2 is 1.85 bits per heavy atom. The molecule has 138 valence electrons. The number of rotatable bonds is 6. The van der Waals surface area contributed by atoms with Crippen LogP contribution in [0.2, 0.25) is 0 Å². The number of morpholine rings is 1. The van der Waals surface area contributed by atoms with Crippen molar-refractivity contribution in [3.63, 3.8) is 0 Å². The predicted octanol–water partition coefficient (Wildman–Crippen LogP) is 2.95. The molecule has 0 spiro atoms. The molecule has 2 aromatic rings. The Balaban J connectivity index is 1.49. The lowest BCUT2D eigenvalue weighted by atomic mass is 10.1. The normalized spacial score (nSPS) is 15.5. The molecule has 0 bridgehead atoms. The summed E-state index contributed by atoms with van der Waals surface area (Å²) in [5.74, 6) is -0.432. The summed E-state index contributed by atoms with van der Waals surface area (Å²) in [6.07, 6.45) is 0. The van der Waals surface area contributed by atoms with E-state index in [-0.39, 0.29) is 24.3 Å². The molecule has 2 N–H and O–H groups in total. The van der Waals surface area contributed by atoms with Gasteiger partial charge in [-0.2, -0.15) is 0 Å². The predicted molar refractivity (Wildman–Crippen MR) is 101 cm³/mol. The molecule has 2 aromatic carbocycles. The van der Waals surface area contributed by atoms with Gasteiger partial charge in [0.1, 0.15) is 5.82 Å². The molecule has 1 fully saturated rings. The minimum atomic E-state index is -0.272. The second kappa shape index (κ2) is 8.78. The molecule has 0 saturated carbocycles. The maximum atomic E-state index is 13.8. The van der Waals surface area contributed by atoms with Gasteiger partial charge in [0.25, 0.3) is 0 Å². The van der Waals surface area contributed by atoms with Crippen molar-refractivity contribution in [2.45, 2.75) is 13.0 Å². The maximum absolute atomic E-state index is 13.8. The minimum Gasteiger partial charge on any atom is -0.378 e. The van der Waals surface area contributed by atoms with Crippen molar-refractivity contribution in [2.75, 3.05) is 43.1 Å². The highest BCUT2D eigenvalue weighted by atomic mass is 19.1. The van der Waals surface area contributed by atoms with Crippen LogP contribution in [-0.2, 0) is 9.53 Å². The smallest absolute Gasteiger partial charge is 0.238 e. The number of anilines is 2. The third-order valence-corrected chi connectivity index (χ3v) is 4.47. The van der Waals surface area contributed by atoms with Crippen LogP contribution >= 0.6 is 0 Å². The van der Waals surface area contributed by atoms with Crippen LogP contribution in [0.3, 0.4) is 0 Å². The molecule has 6 heteroatoms. The fourth-order valence-corrected chi connectivity index (χ4v) is 2.96. The van der Waals surface area contributed by atoms with Crippen LogP contribution in [0.4, 0.5) is 15.8 Å². The number of hydrogen-bond acceptors (Lipinski definition) is 4. The lowest BCUT2D eigenvalue weighted by molar-refractivity contribution is -0.115. The molecule has 0 aliphatic carbocycles. The fourth-order valence-electron chi connectivity index (χ4n) is 2.96. The van der Waals surface area contributed by atoms with E-state index < -0.39 is 0 Å². The van der Waals surface area contributed by atoms with E-state index in [4.69, 9.17) is 4.74 Å². The summed E-state index contributed by atoms with van der Waals surface area (Å²) in [6, 6.07) is 14.1.